The molecule has 0 fully saturated rings. The quantitative estimate of drug-likeness (QED) is 0.632. The van der Waals surface area contributed by atoms with Gasteiger partial charge in [0.2, 0.25) is 0 Å². The SMILES string of the molecule is C[C@@H]1Cc2cc(O)ccc2O[C@H]1O. The average molecular weight is 180 g/mol. The van der Waals surface area contributed by atoms with Crippen LogP contribution in [0.1, 0.15) is 12.5 Å². The summed E-state index contributed by atoms with van der Waals surface area (Å²) in [5, 5.41) is 18.6. The third kappa shape index (κ3) is 1.47. The molecule has 1 aromatic rings. The molecule has 1 aromatic carbocycles. The number of hydrogen-bond donors (Lipinski definition) is 2. The van der Waals surface area contributed by atoms with Gasteiger partial charge in [-0.1, -0.05) is 6.92 Å². The predicted molar refractivity (Wildman–Crippen MR) is 47.6 cm³/mol. The van der Waals surface area contributed by atoms with E-state index in [1.807, 2.05) is 6.92 Å². The second-order valence-corrected chi connectivity index (χ2v) is 3.48. The molecule has 0 saturated heterocycles. The van der Waals surface area contributed by atoms with Gasteiger partial charge in [-0.2, -0.15) is 0 Å². The summed E-state index contributed by atoms with van der Waals surface area (Å²) in [4.78, 5) is 0. The monoisotopic (exact) mass is 180 g/mol. The summed E-state index contributed by atoms with van der Waals surface area (Å²) >= 11 is 0. The van der Waals surface area contributed by atoms with Crippen LogP contribution in [0.25, 0.3) is 0 Å². The van der Waals surface area contributed by atoms with Crippen LogP contribution in [0, 0.1) is 5.92 Å². The van der Waals surface area contributed by atoms with Crippen LogP contribution in [0.3, 0.4) is 0 Å². The number of phenolic OH excluding ortho intramolecular Hbond substituents is 1. The summed E-state index contributed by atoms with van der Waals surface area (Å²) < 4.78 is 5.24. The molecule has 0 radical (unpaired) electrons. The van der Waals surface area contributed by atoms with Crippen molar-refractivity contribution < 1.29 is 14.9 Å². The fourth-order valence-corrected chi connectivity index (χ4v) is 1.53. The minimum atomic E-state index is -0.725. The van der Waals surface area contributed by atoms with E-state index < -0.39 is 6.29 Å². The molecule has 0 unspecified atom stereocenters. The average Bonchev–Trinajstić information content (AvgIpc) is 2.08. The van der Waals surface area contributed by atoms with Crippen molar-refractivity contribution >= 4 is 0 Å². The Bertz CT molecular complexity index is 322. The van der Waals surface area contributed by atoms with Crippen molar-refractivity contribution in [2.24, 2.45) is 5.92 Å². The highest BCUT2D eigenvalue weighted by molar-refractivity contribution is 5.41. The molecule has 2 atom stereocenters. The number of phenols is 1. The summed E-state index contributed by atoms with van der Waals surface area (Å²) in [6.07, 6.45) is 0.0160. The molecule has 0 spiro atoms. The number of aliphatic hydroxyl groups excluding tert-OH is 1. The fourth-order valence-electron chi connectivity index (χ4n) is 1.53. The van der Waals surface area contributed by atoms with Crippen molar-refractivity contribution in [1.82, 2.24) is 0 Å². The third-order valence-electron chi connectivity index (χ3n) is 2.32. The normalized spacial score (nSPS) is 26.3. The van der Waals surface area contributed by atoms with Crippen LogP contribution >= 0.6 is 0 Å². The van der Waals surface area contributed by atoms with Gasteiger partial charge in [0.25, 0.3) is 0 Å². The molecule has 2 rings (SSSR count). The van der Waals surface area contributed by atoms with Gasteiger partial charge < -0.3 is 14.9 Å². The first-order chi connectivity index (χ1) is 6.16. The highest BCUT2D eigenvalue weighted by atomic mass is 16.6. The van der Waals surface area contributed by atoms with Crippen molar-refractivity contribution in [2.75, 3.05) is 0 Å². The molecule has 1 heterocycles. The number of aliphatic hydroxyl groups is 1. The Hall–Kier alpha value is -1.22. The van der Waals surface area contributed by atoms with E-state index in [9.17, 15) is 10.2 Å². The molecular formula is C10H12O3. The smallest absolute Gasteiger partial charge is 0.200 e. The van der Waals surface area contributed by atoms with Crippen molar-refractivity contribution in [3.05, 3.63) is 23.8 Å². The largest absolute Gasteiger partial charge is 0.508 e. The first kappa shape index (κ1) is 8.38. The van der Waals surface area contributed by atoms with E-state index in [4.69, 9.17) is 4.74 Å². The number of ether oxygens (including phenoxy) is 1. The van der Waals surface area contributed by atoms with Gasteiger partial charge in [0.1, 0.15) is 11.5 Å². The number of benzene rings is 1. The molecule has 0 saturated carbocycles. The molecule has 0 amide bonds. The van der Waals surface area contributed by atoms with Crippen LogP contribution in [-0.2, 0) is 6.42 Å². The van der Waals surface area contributed by atoms with Crippen LogP contribution < -0.4 is 4.74 Å². The lowest BCUT2D eigenvalue weighted by atomic mass is 9.97. The molecule has 0 aromatic heterocycles. The lowest BCUT2D eigenvalue weighted by Crippen LogP contribution is -2.30. The number of aromatic hydroxyl groups is 1. The summed E-state index contributed by atoms with van der Waals surface area (Å²) in [7, 11) is 0. The summed E-state index contributed by atoms with van der Waals surface area (Å²) in [5.41, 5.74) is 0.956. The number of fused-ring (bicyclic) bond motifs is 1. The summed E-state index contributed by atoms with van der Waals surface area (Å²) in [6, 6.07) is 4.92. The van der Waals surface area contributed by atoms with Gasteiger partial charge in [-0.25, -0.2) is 0 Å². The summed E-state index contributed by atoms with van der Waals surface area (Å²) in [5.74, 6) is 0.989. The molecule has 2 N–H and O–H groups in total. The van der Waals surface area contributed by atoms with Crippen LogP contribution in [-0.4, -0.2) is 16.5 Å². The van der Waals surface area contributed by atoms with E-state index in [-0.39, 0.29) is 11.7 Å². The predicted octanol–water partition coefficient (Wildman–Crippen LogP) is 1.28. The molecular weight excluding hydrogens is 168 g/mol. The minimum Gasteiger partial charge on any atom is -0.508 e. The highest BCUT2D eigenvalue weighted by Gasteiger charge is 2.24. The maximum atomic E-state index is 9.41. The Kier molecular flexibility index (Phi) is 1.88. The van der Waals surface area contributed by atoms with Crippen molar-refractivity contribution in [3.63, 3.8) is 0 Å². The van der Waals surface area contributed by atoms with Gasteiger partial charge in [0.05, 0.1) is 0 Å². The zero-order valence-corrected chi connectivity index (χ0v) is 7.40. The van der Waals surface area contributed by atoms with Crippen LogP contribution in [0.15, 0.2) is 18.2 Å². The first-order valence-corrected chi connectivity index (χ1v) is 4.33. The van der Waals surface area contributed by atoms with E-state index in [0.717, 1.165) is 12.0 Å². The second kappa shape index (κ2) is 2.92. The number of hydrogen-bond acceptors (Lipinski definition) is 3. The highest BCUT2D eigenvalue weighted by Crippen LogP contribution is 2.32. The van der Waals surface area contributed by atoms with E-state index in [2.05, 4.69) is 0 Å². The topological polar surface area (TPSA) is 49.7 Å². The summed E-state index contributed by atoms with van der Waals surface area (Å²) in [6.45, 7) is 1.91. The molecule has 1 aliphatic rings. The standard InChI is InChI=1S/C10H12O3/c1-6-4-7-5-8(11)2-3-9(7)13-10(6)12/h2-3,5-6,10-12H,4H2,1H3/t6-,10-/m1/s1. The van der Waals surface area contributed by atoms with Gasteiger partial charge in [-0.05, 0) is 30.2 Å². The van der Waals surface area contributed by atoms with E-state index in [1.165, 1.54) is 0 Å². The molecule has 0 aliphatic carbocycles. The van der Waals surface area contributed by atoms with Gasteiger partial charge in [0.15, 0.2) is 6.29 Å². The molecule has 13 heavy (non-hydrogen) atoms. The molecule has 3 nitrogen and oxygen atoms in total. The molecule has 3 heteroatoms. The Morgan fingerprint density at radius 1 is 1.46 bits per heavy atom. The number of rotatable bonds is 0. The minimum absolute atomic E-state index is 0.0781. The first-order valence-electron chi connectivity index (χ1n) is 4.33. The lowest BCUT2D eigenvalue weighted by molar-refractivity contribution is -0.0670. The lowest BCUT2D eigenvalue weighted by Gasteiger charge is -2.27. The maximum Gasteiger partial charge on any atom is 0.200 e. The molecule has 70 valence electrons. The third-order valence-corrected chi connectivity index (χ3v) is 2.32. The Labute approximate surface area is 76.6 Å². The Morgan fingerprint density at radius 3 is 3.00 bits per heavy atom. The van der Waals surface area contributed by atoms with Crippen LogP contribution in [0.4, 0.5) is 0 Å². The van der Waals surface area contributed by atoms with E-state index in [1.54, 1.807) is 18.2 Å². The van der Waals surface area contributed by atoms with Gasteiger partial charge in [-0.3, -0.25) is 0 Å². The van der Waals surface area contributed by atoms with E-state index >= 15 is 0 Å². The van der Waals surface area contributed by atoms with Gasteiger partial charge in [0, 0.05) is 5.92 Å². The van der Waals surface area contributed by atoms with Crippen molar-refractivity contribution in [1.29, 1.82) is 0 Å². The maximum absolute atomic E-state index is 9.41. The Morgan fingerprint density at radius 2 is 2.23 bits per heavy atom. The van der Waals surface area contributed by atoms with Gasteiger partial charge in [-0.15, -0.1) is 0 Å². The van der Waals surface area contributed by atoms with E-state index in [0.29, 0.717) is 5.75 Å². The fraction of sp³-hybridized carbons (Fsp3) is 0.400. The molecule has 0 bridgehead atoms. The van der Waals surface area contributed by atoms with Crippen molar-refractivity contribution in [2.45, 2.75) is 19.6 Å². The second-order valence-electron chi connectivity index (χ2n) is 3.48. The van der Waals surface area contributed by atoms with Crippen LogP contribution in [0.2, 0.25) is 0 Å². The van der Waals surface area contributed by atoms with Crippen LogP contribution in [0.5, 0.6) is 11.5 Å². The van der Waals surface area contributed by atoms with Crippen molar-refractivity contribution in [3.8, 4) is 11.5 Å². The molecule has 1 aliphatic heterocycles. The Balaban J connectivity index is 2.37. The zero-order valence-electron chi connectivity index (χ0n) is 7.40. The van der Waals surface area contributed by atoms with Gasteiger partial charge >= 0.3 is 0 Å². The zero-order chi connectivity index (χ0) is 9.42.